The molecule has 0 aromatic heterocycles. The highest BCUT2D eigenvalue weighted by atomic mass is 79.9. The van der Waals surface area contributed by atoms with Gasteiger partial charge in [-0.15, -0.1) is 0 Å². The molecule has 78 valence electrons. The van der Waals surface area contributed by atoms with Gasteiger partial charge in [-0.2, -0.15) is 0 Å². The van der Waals surface area contributed by atoms with Crippen LogP contribution in [0.25, 0.3) is 0 Å². The van der Waals surface area contributed by atoms with Crippen molar-refractivity contribution in [2.45, 2.75) is 18.9 Å². The molecule has 0 bridgehead atoms. The molecule has 1 nitrogen and oxygen atoms in total. The highest BCUT2D eigenvalue weighted by molar-refractivity contribution is 9.10. The zero-order chi connectivity index (χ0) is 10.7. The molecular weight excluding hydrogens is 275 g/mol. The van der Waals surface area contributed by atoms with Crippen LogP contribution in [0.15, 0.2) is 22.7 Å². The third kappa shape index (κ3) is 2.98. The van der Waals surface area contributed by atoms with Crippen LogP contribution in [0.3, 0.4) is 0 Å². The molecule has 0 radical (unpaired) electrons. The van der Waals surface area contributed by atoms with E-state index in [1.807, 2.05) is 18.2 Å². The first-order valence-electron chi connectivity index (χ1n) is 4.84. The second-order valence-electron chi connectivity index (χ2n) is 3.40. The van der Waals surface area contributed by atoms with E-state index in [1.165, 1.54) is 0 Å². The Balaban J connectivity index is 2.18. The summed E-state index contributed by atoms with van der Waals surface area (Å²) in [5.74, 6) is 6.15. The number of hydrogen-bond donors (Lipinski definition) is 0. The molecule has 1 aliphatic heterocycles. The lowest BCUT2D eigenvalue weighted by Gasteiger charge is -1.99. The molecule has 1 heterocycles. The van der Waals surface area contributed by atoms with Crippen LogP contribution in [-0.2, 0) is 4.74 Å². The Morgan fingerprint density at radius 1 is 1.47 bits per heavy atom. The average Bonchev–Trinajstić information content (AvgIpc) is 2.72. The van der Waals surface area contributed by atoms with E-state index in [0.29, 0.717) is 5.02 Å². The minimum absolute atomic E-state index is 0.0834. The summed E-state index contributed by atoms with van der Waals surface area (Å²) in [6, 6.07) is 5.66. The zero-order valence-electron chi connectivity index (χ0n) is 8.09. The first-order valence-corrected chi connectivity index (χ1v) is 6.01. The fourth-order valence-corrected chi connectivity index (χ4v) is 1.97. The maximum Gasteiger partial charge on any atom is 0.118 e. The molecule has 15 heavy (non-hydrogen) atoms. The molecule has 3 heteroatoms. The van der Waals surface area contributed by atoms with Crippen LogP contribution < -0.4 is 0 Å². The summed E-state index contributed by atoms with van der Waals surface area (Å²) in [4.78, 5) is 0. The second-order valence-corrected chi connectivity index (χ2v) is 4.72. The van der Waals surface area contributed by atoms with E-state index in [4.69, 9.17) is 16.3 Å². The Labute approximate surface area is 103 Å². The Morgan fingerprint density at radius 3 is 3.07 bits per heavy atom. The molecule has 1 unspecified atom stereocenters. The molecule has 0 saturated carbocycles. The normalized spacial score (nSPS) is 19.7. The smallest absolute Gasteiger partial charge is 0.118 e. The van der Waals surface area contributed by atoms with E-state index >= 15 is 0 Å². The summed E-state index contributed by atoms with van der Waals surface area (Å²) >= 11 is 9.41. The largest absolute Gasteiger partial charge is 0.366 e. The summed E-state index contributed by atoms with van der Waals surface area (Å²) in [6.07, 6.45) is 2.21. The van der Waals surface area contributed by atoms with Gasteiger partial charge in [-0.1, -0.05) is 39.4 Å². The van der Waals surface area contributed by atoms with Gasteiger partial charge in [0.2, 0.25) is 0 Å². The summed E-state index contributed by atoms with van der Waals surface area (Å²) in [6.45, 7) is 0.825. The van der Waals surface area contributed by atoms with Gasteiger partial charge in [-0.05, 0) is 31.0 Å². The van der Waals surface area contributed by atoms with Gasteiger partial charge >= 0.3 is 0 Å². The third-order valence-electron chi connectivity index (χ3n) is 2.23. The topological polar surface area (TPSA) is 9.23 Å². The van der Waals surface area contributed by atoms with Crippen molar-refractivity contribution >= 4 is 27.5 Å². The summed E-state index contributed by atoms with van der Waals surface area (Å²) in [5, 5.41) is 0.684. The number of benzene rings is 1. The van der Waals surface area contributed by atoms with Gasteiger partial charge in [0.25, 0.3) is 0 Å². The molecule has 0 N–H and O–H groups in total. The van der Waals surface area contributed by atoms with Crippen molar-refractivity contribution in [2.75, 3.05) is 6.61 Å². The van der Waals surface area contributed by atoms with Crippen LogP contribution in [0, 0.1) is 11.8 Å². The average molecular weight is 286 g/mol. The van der Waals surface area contributed by atoms with Gasteiger partial charge in [-0.3, -0.25) is 0 Å². The van der Waals surface area contributed by atoms with Crippen molar-refractivity contribution in [1.29, 1.82) is 0 Å². The van der Waals surface area contributed by atoms with Gasteiger partial charge in [0.05, 0.1) is 5.02 Å². The summed E-state index contributed by atoms with van der Waals surface area (Å²) in [7, 11) is 0. The predicted octanol–water partition coefficient (Wildman–Crippen LogP) is 3.63. The Hall–Kier alpha value is -0.490. The fourth-order valence-electron chi connectivity index (χ4n) is 1.44. The van der Waals surface area contributed by atoms with Crippen molar-refractivity contribution in [3.05, 3.63) is 33.3 Å². The molecule has 1 atom stereocenters. The molecule has 1 aliphatic rings. The molecule has 1 aromatic carbocycles. The molecule has 0 aliphatic carbocycles. The van der Waals surface area contributed by atoms with E-state index in [9.17, 15) is 0 Å². The summed E-state index contributed by atoms with van der Waals surface area (Å²) in [5.41, 5.74) is 0.849. The number of rotatable bonds is 0. The lowest BCUT2D eigenvalue weighted by atomic mass is 10.2. The SMILES string of the molecule is Clc1ccc(Br)cc1C#CC1CCCO1. The molecule has 1 saturated heterocycles. The quantitative estimate of drug-likeness (QED) is 0.661. The lowest BCUT2D eigenvalue weighted by molar-refractivity contribution is 0.152. The lowest BCUT2D eigenvalue weighted by Crippen LogP contribution is -1.99. The first kappa shape index (κ1) is 11.0. The molecule has 1 aromatic rings. The first-order chi connectivity index (χ1) is 7.25. The maximum atomic E-state index is 6.02. The molecule has 2 rings (SSSR count). The Bertz CT molecular complexity index is 413. The maximum absolute atomic E-state index is 6.02. The Kier molecular flexibility index (Phi) is 3.69. The standard InChI is InChI=1S/C12H10BrClO/c13-10-4-6-12(14)9(8-10)3-5-11-2-1-7-15-11/h4,6,8,11H,1-2,7H2. The zero-order valence-corrected chi connectivity index (χ0v) is 10.4. The van der Waals surface area contributed by atoms with E-state index in [2.05, 4.69) is 27.8 Å². The van der Waals surface area contributed by atoms with E-state index in [-0.39, 0.29) is 6.10 Å². The van der Waals surface area contributed by atoms with E-state index in [0.717, 1.165) is 29.5 Å². The van der Waals surface area contributed by atoms with Crippen LogP contribution in [0.4, 0.5) is 0 Å². The molecule has 0 amide bonds. The highest BCUT2D eigenvalue weighted by Gasteiger charge is 2.11. The number of ether oxygens (including phenoxy) is 1. The minimum atomic E-state index is 0.0834. The molecule has 0 spiro atoms. The van der Waals surface area contributed by atoms with Crippen molar-refractivity contribution < 1.29 is 4.74 Å². The van der Waals surface area contributed by atoms with Crippen molar-refractivity contribution in [1.82, 2.24) is 0 Å². The monoisotopic (exact) mass is 284 g/mol. The van der Waals surface area contributed by atoms with Crippen LogP contribution in [0.2, 0.25) is 5.02 Å². The van der Waals surface area contributed by atoms with Gasteiger partial charge in [0.1, 0.15) is 6.10 Å². The number of halogens is 2. The van der Waals surface area contributed by atoms with Crippen LogP contribution >= 0.6 is 27.5 Å². The third-order valence-corrected chi connectivity index (χ3v) is 3.05. The Morgan fingerprint density at radius 2 is 2.33 bits per heavy atom. The van der Waals surface area contributed by atoms with Crippen LogP contribution in [0.5, 0.6) is 0 Å². The predicted molar refractivity (Wildman–Crippen MR) is 65.0 cm³/mol. The van der Waals surface area contributed by atoms with Crippen molar-refractivity contribution in [3.63, 3.8) is 0 Å². The molecule has 1 fully saturated rings. The van der Waals surface area contributed by atoms with Gasteiger partial charge in [0.15, 0.2) is 0 Å². The number of hydrogen-bond acceptors (Lipinski definition) is 1. The van der Waals surface area contributed by atoms with Crippen molar-refractivity contribution in [3.8, 4) is 11.8 Å². The van der Waals surface area contributed by atoms with Crippen LogP contribution in [-0.4, -0.2) is 12.7 Å². The molecular formula is C12H10BrClO. The van der Waals surface area contributed by atoms with E-state index in [1.54, 1.807) is 0 Å². The summed E-state index contributed by atoms with van der Waals surface area (Å²) < 4.78 is 6.41. The highest BCUT2D eigenvalue weighted by Crippen LogP contribution is 2.20. The van der Waals surface area contributed by atoms with Gasteiger partial charge in [0, 0.05) is 16.6 Å². The van der Waals surface area contributed by atoms with Crippen LogP contribution in [0.1, 0.15) is 18.4 Å². The van der Waals surface area contributed by atoms with Gasteiger partial charge < -0.3 is 4.74 Å². The van der Waals surface area contributed by atoms with E-state index < -0.39 is 0 Å². The van der Waals surface area contributed by atoms with Crippen molar-refractivity contribution in [2.24, 2.45) is 0 Å². The second kappa shape index (κ2) is 5.03. The minimum Gasteiger partial charge on any atom is -0.366 e. The fraction of sp³-hybridized carbons (Fsp3) is 0.333. The van der Waals surface area contributed by atoms with Gasteiger partial charge in [-0.25, -0.2) is 0 Å².